The van der Waals surface area contributed by atoms with Crippen molar-refractivity contribution in [2.75, 3.05) is 0 Å². The standard InChI is InChI=1S/C5H5F2Si.3C4H10O.Hf/c6-8(7)5-3-1-2-4-5;3*1-3-4(2)5;/h1-4,8H;3*4-5H,3H2,1-2H3;/q-1;;;;. The van der Waals surface area contributed by atoms with Gasteiger partial charge in [-0.3, -0.25) is 8.22 Å². The van der Waals surface area contributed by atoms with E-state index < -0.39 is 9.46 Å². The fourth-order valence-electron chi connectivity index (χ4n) is 0.534. The van der Waals surface area contributed by atoms with Crippen LogP contribution in [-0.4, -0.2) is 43.1 Å². The van der Waals surface area contributed by atoms with E-state index in [1.807, 2.05) is 20.8 Å². The van der Waals surface area contributed by atoms with Gasteiger partial charge >= 0.3 is 9.46 Å². The van der Waals surface area contributed by atoms with E-state index in [0.29, 0.717) is 0 Å². The Morgan fingerprint density at radius 1 is 0.792 bits per heavy atom. The number of aliphatic hydroxyl groups is 3. The van der Waals surface area contributed by atoms with Gasteiger partial charge in [-0.1, -0.05) is 20.8 Å². The zero-order chi connectivity index (χ0) is 18.8. The molecule has 0 saturated carbocycles. The minimum absolute atomic E-state index is 0. The van der Waals surface area contributed by atoms with Gasteiger partial charge in [0.25, 0.3) is 0 Å². The molecule has 0 aliphatic rings. The van der Waals surface area contributed by atoms with Crippen LogP contribution >= 0.6 is 0 Å². The maximum absolute atomic E-state index is 11.7. The van der Waals surface area contributed by atoms with Gasteiger partial charge in [-0.25, -0.2) is 12.1 Å². The summed E-state index contributed by atoms with van der Waals surface area (Å²) in [4.78, 5) is 0. The van der Waals surface area contributed by atoms with Crippen molar-refractivity contribution in [2.45, 2.75) is 79.1 Å². The number of hydrogen-bond acceptors (Lipinski definition) is 3. The molecule has 7 heteroatoms. The van der Waals surface area contributed by atoms with Crippen LogP contribution in [0.5, 0.6) is 0 Å². The second kappa shape index (κ2) is 23.2. The first-order valence-electron chi connectivity index (χ1n) is 8.16. The monoisotopic (exact) mass is 533 g/mol. The van der Waals surface area contributed by atoms with Gasteiger partial charge in [0.15, 0.2) is 0 Å². The summed E-state index contributed by atoms with van der Waals surface area (Å²) in [5.74, 6) is 0. The smallest absolute Gasteiger partial charge is 0.387 e. The predicted molar refractivity (Wildman–Crippen MR) is 96.9 cm³/mol. The molecule has 1 rings (SSSR count). The summed E-state index contributed by atoms with van der Waals surface area (Å²) in [6, 6.07) is 6.21. The summed E-state index contributed by atoms with van der Waals surface area (Å²) in [5.41, 5.74) is 0. The van der Waals surface area contributed by atoms with Crippen LogP contribution in [0.15, 0.2) is 24.3 Å². The molecule has 0 bridgehead atoms. The molecular formula is C17H35F2HfO3Si-. The largest absolute Gasteiger partial charge is 0.393 e. The van der Waals surface area contributed by atoms with E-state index in [4.69, 9.17) is 15.3 Å². The molecule has 1 aromatic carbocycles. The Kier molecular flexibility index (Phi) is 30.8. The van der Waals surface area contributed by atoms with Crippen LogP contribution in [0.3, 0.4) is 0 Å². The van der Waals surface area contributed by atoms with Crippen LogP contribution < -0.4 is 5.19 Å². The molecule has 3 unspecified atom stereocenters. The number of halogens is 2. The van der Waals surface area contributed by atoms with E-state index in [2.05, 4.69) is 0 Å². The van der Waals surface area contributed by atoms with Crippen LogP contribution in [0.1, 0.15) is 60.8 Å². The van der Waals surface area contributed by atoms with Crippen molar-refractivity contribution in [1.82, 2.24) is 0 Å². The van der Waals surface area contributed by atoms with E-state index in [1.165, 1.54) is 12.1 Å². The topological polar surface area (TPSA) is 60.7 Å². The molecule has 3 N–H and O–H groups in total. The Bertz CT molecular complexity index is 290. The van der Waals surface area contributed by atoms with Crippen molar-refractivity contribution in [2.24, 2.45) is 0 Å². The molecule has 144 valence electrons. The molecule has 3 nitrogen and oxygen atoms in total. The summed E-state index contributed by atoms with van der Waals surface area (Å²) in [6.45, 7) is 11.2. The Labute approximate surface area is 167 Å². The molecule has 0 aromatic heterocycles. The van der Waals surface area contributed by atoms with E-state index in [1.54, 1.807) is 32.9 Å². The summed E-state index contributed by atoms with van der Waals surface area (Å²) >= 11 is 0. The quantitative estimate of drug-likeness (QED) is 0.318. The van der Waals surface area contributed by atoms with Crippen LogP contribution in [-0.2, 0) is 25.8 Å². The van der Waals surface area contributed by atoms with Gasteiger partial charge in [0.2, 0.25) is 0 Å². The number of hydrogen-bond donors (Lipinski definition) is 3. The van der Waals surface area contributed by atoms with Crippen molar-refractivity contribution >= 4 is 14.7 Å². The minimum Gasteiger partial charge on any atom is -0.393 e. The molecule has 0 aliphatic heterocycles. The maximum Gasteiger partial charge on any atom is 0.387 e. The second-order valence-corrected chi connectivity index (χ2v) is 6.56. The molecule has 24 heavy (non-hydrogen) atoms. The molecule has 3 atom stereocenters. The van der Waals surface area contributed by atoms with E-state index in [-0.39, 0.29) is 49.3 Å². The van der Waals surface area contributed by atoms with Gasteiger partial charge in [0.1, 0.15) is 0 Å². The molecule has 0 saturated heterocycles. The van der Waals surface area contributed by atoms with Gasteiger partial charge in [0.05, 0.1) is 18.3 Å². The van der Waals surface area contributed by atoms with Crippen LogP contribution in [0.2, 0.25) is 0 Å². The fourth-order valence-corrected chi connectivity index (χ4v) is 1.05. The van der Waals surface area contributed by atoms with Gasteiger partial charge in [-0.15, -0.1) is 5.19 Å². The van der Waals surface area contributed by atoms with E-state index in [0.717, 1.165) is 19.3 Å². The number of aliphatic hydroxyl groups excluding tert-OH is 3. The zero-order valence-electron chi connectivity index (χ0n) is 15.8. The van der Waals surface area contributed by atoms with Gasteiger partial charge in [-0.2, -0.15) is 12.1 Å². The van der Waals surface area contributed by atoms with Crippen molar-refractivity contribution in [3.05, 3.63) is 24.3 Å². The zero-order valence-corrected chi connectivity index (χ0v) is 20.6. The van der Waals surface area contributed by atoms with Crippen LogP contribution in [0.25, 0.3) is 0 Å². The maximum atomic E-state index is 11.7. The van der Waals surface area contributed by atoms with Crippen LogP contribution in [0.4, 0.5) is 8.22 Å². The Hall–Kier alpha value is 0.177. The van der Waals surface area contributed by atoms with Crippen molar-refractivity contribution in [3.8, 4) is 0 Å². The molecule has 0 fully saturated rings. The molecule has 0 radical (unpaired) electrons. The first-order valence-corrected chi connectivity index (χ1v) is 9.61. The van der Waals surface area contributed by atoms with Gasteiger partial charge in [-0.05, 0) is 40.0 Å². The summed E-state index contributed by atoms with van der Waals surface area (Å²) in [7, 11) is -3.48. The Morgan fingerprint density at radius 2 is 1.00 bits per heavy atom. The molecule has 1 aromatic rings. The summed E-state index contributed by atoms with van der Waals surface area (Å²) in [5, 5.41) is 25.3. The number of rotatable bonds is 4. The van der Waals surface area contributed by atoms with Crippen molar-refractivity contribution in [1.29, 1.82) is 0 Å². The molecule has 0 aliphatic carbocycles. The van der Waals surface area contributed by atoms with Gasteiger partial charge in [0, 0.05) is 25.8 Å². The first-order chi connectivity index (χ1) is 10.6. The average Bonchev–Trinajstić information content (AvgIpc) is 3.03. The Balaban J connectivity index is -0.000000113. The normalized spacial score (nSPS) is 12.8. The SMILES string of the molecule is CCC(C)O.CCC(C)O.CCC(C)O.F[SiH](F)[c-]1cccc1.[Hf]. The fraction of sp³-hybridized carbons (Fsp3) is 0.706. The third-order valence-corrected chi connectivity index (χ3v) is 3.60. The summed E-state index contributed by atoms with van der Waals surface area (Å²) in [6.07, 6.45) is 2.24. The molecule has 0 amide bonds. The molecule has 0 spiro atoms. The summed E-state index contributed by atoms with van der Waals surface area (Å²) < 4.78 is 23.5. The van der Waals surface area contributed by atoms with Crippen LogP contribution in [0, 0.1) is 0 Å². The van der Waals surface area contributed by atoms with Crippen molar-refractivity contribution < 1.29 is 49.4 Å². The Morgan fingerprint density at radius 3 is 1.08 bits per heavy atom. The predicted octanol–water partition coefficient (Wildman–Crippen LogP) is 3.10. The third kappa shape index (κ3) is 33.7. The van der Waals surface area contributed by atoms with E-state index >= 15 is 0 Å². The van der Waals surface area contributed by atoms with Gasteiger partial charge < -0.3 is 15.3 Å². The second-order valence-electron chi connectivity index (χ2n) is 5.29. The average molecular weight is 532 g/mol. The van der Waals surface area contributed by atoms with E-state index in [9.17, 15) is 8.22 Å². The third-order valence-electron chi connectivity index (χ3n) is 2.71. The first kappa shape index (κ1) is 31.9. The minimum atomic E-state index is -3.48. The van der Waals surface area contributed by atoms with Crippen molar-refractivity contribution in [3.63, 3.8) is 0 Å². The molecule has 0 heterocycles. The molecular weight excluding hydrogens is 497 g/mol.